The Morgan fingerprint density at radius 2 is 2.25 bits per heavy atom. The SMILES string of the molecule is CCC1C(=O)NCCN1c1cc(NC)nc(C2CC2)n1. The van der Waals surface area contributed by atoms with Gasteiger partial charge in [-0.2, -0.15) is 0 Å². The minimum absolute atomic E-state index is 0.0938. The molecule has 6 heteroatoms. The largest absolute Gasteiger partial charge is 0.373 e. The van der Waals surface area contributed by atoms with Gasteiger partial charge in [0, 0.05) is 32.1 Å². The Kier molecular flexibility index (Phi) is 3.46. The smallest absolute Gasteiger partial charge is 0.242 e. The van der Waals surface area contributed by atoms with Crippen molar-refractivity contribution in [1.29, 1.82) is 0 Å². The second kappa shape index (κ2) is 5.26. The Morgan fingerprint density at radius 3 is 2.90 bits per heavy atom. The lowest BCUT2D eigenvalue weighted by atomic mass is 10.1. The van der Waals surface area contributed by atoms with Crippen LogP contribution in [0, 0.1) is 0 Å². The van der Waals surface area contributed by atoms with Crippen molar-refractivity contribution in [2.75, 3.05) is 30.4 Å². The van der Waals surface area contributed by atoms with E-state index >= 15 is 0 Å². The van der Waals surface area contributed by atoms with E-state index in [1.165, 1.54) is 12.8 Å². The molecule has 6 nitrogen and oxygen atoms in total. The van der Waals surface area contributed by atoms with Crippen LogP contribution in [0.4, 0.5) is 11.6 Å². The van der Waals surface area contributed by atoms with E-state index in [1.54, 1.807) is 0 Å². The van der Waals surface area contributed by atoms with Crippen LogP contribution in [0.5, 0.6) is 0 Å². The number of anilines is 2. The van der Waals surface area contributed by atoms with Crippen LogP contribution in [0.15, 0.2) is 6.07 Å². The van der Waals surface area contributed by atoms with Crippen molar-refractivity contribution in [2.45, 2.75) is 38.1 Å². The number of rotatable bonds is 4. The molecule has 1 aliphatic carbocycles. The summed E-state index contributed by atoms with van der Waals surface area (Å²) in [5, 5.41) is 6.02. The molecule has 1 aliphatic heterocycles. The zero-order chi connectivity index (χ0) is 14.1. The standard InChI is InChI=1S/C14H21N5O/c1-3-10-14(20)16-6-7-19(10)12-8-11(15-2)17-13(18-12)9-4-5-9/h8-10H,3-7H2,1-2H3,(H,16,20)(H,15,17,18). The Bertz CT molecular complexity index is 514. The molecule has 2 fully saturated rings. The number of hydrogen-bond acceptors (Lipinski definition) is 5. The molecule has 1 aromatic rings. The molecule has 2 heterocycles. The van der Waals surface area contributed by atoms with Gasteiger partial charge in [-0.3, -0.25) is 4.79 Å². The van der Waals surface area contributed by atoms with Crippen LogP contribution in [-0.2, 0) is 4.79 Å². The minimum atomic E-state index is -0.129. The summed E-state index contributed by atoms with van der Waals surface area (Å²) in [5.41, 5.74) is 0. The molecule has 3 rings (SSSR count). The molecule has 0 radical (unpaired) electrons. The zero-order valence-corrected chi connectivity index (χ0v) is 12.0. The van der Waals surface area contributed by atoms with E-state index < -0.39 is 0 Å². The average molecular weight is 275 g/mol. The highest BCUT2D eigenvalue weighted by Gasteiger charge is 2.32. The quantitative estimate of drug-likeness (QED) is 0.861. The first kappa shape index (κ1) is 13.1. The summed E-state index contributed by atoms with van der Waals surface area (Å²) in [6.07, 6.45) is 3.12. The molecule has 1 amide bonds. The summed E-state index contributed by atoms with van der Waals surface area (Å²) in [7, 11) is 1.86. The summed E-state index contributed by atoms with van der Waals surface area (Å²) in [6.45, 7) is 3.51. The molecular formula is C14H21N5O. The molecule has 108 valence electrons. The zero-order valence-electron chi connectivity index (χ0n) is 12.0. The highest BCUT2D eigenvalue weighted by molar-refractivity contribution is 5.86. The van der Waals surface area contributed by atoms with Gasteiger partial charge < -0.3 is 15.5 Å². The van der Waals surface area contributed by atoms with Crippen molar-refractivity contribution in [3.05, 3.63) is 11.9 Å². The van der Waals surface area contributed by atoms with Crippen molar-refractivity contribution in [1.82, 2.24) is 15.3 Å². The fourth-order valence-electron chi connectivity index (χ4n) is 2.65. The van der Waals surface area contributed by atoms with Crippen LogP contribution < -0.4 is 15.5 Å². The third kappa shape index (κ3) is 2.42. The van der Waals surface area contributed by atoms with Gasteiger partial charge in [-0.15, -0.1) is 0 Å². The number of aromatic nitrogens is 2. The fourth-order valence-corrected chi connectivity index (χ4v) is 2.65. The molecule has 0 bridgehead atoms. The number of hydrogen-bond donors (Lipinski definition) is 2. The van der Waals surface area contributed by atoms with Crippen molar-refractivity contribution in [3.8, 4) is 0 Å². The van der Waals surface area contributed by atoms with Gasteiger partial charge in [-0.1, -0.05) is 6.92 Å². The van der Waals surface area contributed by atoms with E-state index in [-0.39, 0.29) is 11.9 Å². The first-order valence-electron chi connectivity index (χ1n) is 7.34. The number of piperazine rings is 1. The molecule has 1 aromatic heterocycles. The highest BCUT2D eigenvalue weighted by atomic mass is 16.2. The van der Waals surface area contributed by atoms with Crippen LogP contribution in [0.2, 0.25) is 0 Å². The van der Waals surface area contributed by atoms with Gasteiger partial charge in [-0.25, -0.2) is 9.97 Å². The predicted molar refractivity (Wildman–Crippen MR) is 78.0 cm³/mol. The van der Waals surface area contributed by atoms with E-state index in [2.05, 4.69) is 20.5 Å². The van der Waals surface area contributed by atoms with Gasteiger partial charge >= 0.3 is 0 Å². The van der Waals surface area contributed by atoms with E-state index in [9.17, 15) is 4.79 Å². The van der Waals surface area contributed by atoms with Crippen LogP contribution in [0.25, 0.3) is 0 Å². The molecule has 1 atom stereocenters. The number of amides is 1. The maximum atomic E-state index is 12.0. The van der Waals surface area contributed by atoms with Gasteiger partial charge in [0.25, 0.3) is 0 Å². The normalized spacial score (nSPS) is 22.6. The monoisotopic (exact) mass is 275 g/mol. The molecule has 2 aliphatic rings. The topological polar surface area (TPSA) is 70.2 Å². The fraction of sp³-hybridized carbons (Fsp3) is 0.643. The second-order valence-corrected chi connectivity index (χ2v) is 5.40. The van der Waals surface area contributed by atoms with Crippen LogP contribution in [-0.4, -0.2) is 42.1 Å². The van der Waals surface area contributed by atoms with Crippen molar-refractivity contribution in [2.24, 2.45) is 0 Å². The number of nitrogens with one attached hydrogen (secondary N) is 2. The van der Waals surface area contributed by atoms with Crippen molar-refractivity contribution in [3.63, 3.8) is 0 Å². The van der Waals surface area contributed by atoms with E-state index in [0.717, 1.165) is 30.4 Å². The molecule has 2 N–H and O–H groups in total. The summed E-state index contributed by atoms with van der Waals surface area (Å²) >= 11 is 0. The lowest BCUT2D eigenvalue weighted by Crippen LogP contribution is -2.55. The molecule has 0 aromatic carbocycles. The Morgan fingerprint density at radius 1 is 1.45 bits per heavy atom. The average Bonchev–Trinajstić information content (AvgIpc) is 3.31. The third-order valence-electron chi connectivity index (χ3n) is 3.94. The first-order valence-corrected chi connectivity index (χ1v) is 7.34. The summed E-state index contributed by atoms with van der Waals surface area (Å²) in [6, 6.07) is 1.81. The lowest BCUT2D eigenvalue weighted by Gasteiger charge is -2.35. The Labute approximate surface area is 119 Å². The minimum Gasteiger partial charge on any atom is -0.373 e. The van der Waals surface area contributed by atoms with Gasteiger partial charge in [0.1, 0.15) is 23.5 Å². The second-order valence-electron chi connectivity index (χ2n) is 5.40. The molecule has 20 heavy (non-hydrogen) atoms. The van der Waals surface area contributed by atoms with Crippen LogP contribution in [0.1, 0.15) is 37.9 Å². The van der Waals surface area contributed by atoms with Gasteiger partial charge in [0.15, 0.2) is 0 Å². The molecule has 1 saturated carbocycles. The van der Waals surface area contributed by atoms with E-state index in [0.29, 0.717) is 12.5 Å². The third-order valence-corrected chi connectivity index (χ3v) is 3.94. The predicted octanol–water partition coefficient (Wildman–Crippen LogP) is 1.11. The molecular weight excluding hydrogens is 254 g/mol. The molecule has 1 unspecified atom stereocenters. The maximum Gasteiger partial charge on any atom is 0.242 e. The van der Waals surface area contributed by atoms with Crippen LogP contribution in [0.3, 0.4) is 0 Å². The Balaban J connectivity index is 1.94. The maximum absolute atomic E-state index is 12.0. The number of carbonyl (C=O) groups excluding carboxylic acids is 1. The summed E-state index contributed by atoms with van der Waals surface area (Å²) < 4.78 is 0. The van der Waals surface area contributed by atoms with Crippen LogP contribution >= 0.6 is 0 Å². The molecule has 1 saturated heterocycles. The van der Waals surface area contributed by atoms with Gasteiger partial charge in [0.05, 0.1) is 0 Å². The molecule has 0 spiro atoms. The van der Waals surface area contributed by atoms with Gasteiger partial charge in [-0.05, 0) is 19.3 Å². The Hall–Kier alpha value is -1.85. The summed E-state index contributed by atoms with van der Waals surface area (Å²) in [5.74, 6) is 3.20. The van der Waals surface area contributed by atoms with E-state index in [1.807, 2.05) is 20.0 Å². The first-order chi connectivity index (χ1) is 9.72. The van der Waals surface area contributed by atoms with E-state index in [4.69, 9.17) is 4.98 Å². The summed E-state index contributed by atoms with van der Waals surface area (Å²) in [4.78, 5) is 23.3. The highest BCUT2D eigenvalue weighted by Crippen LogP contribution is 2.39. The number of nitrogens with zero attached hydrogens (tertiary/aromatic N) is 3. The number of carbonyl (C=O) groups is 1. The van der Waals surface area contributed by atoms with Crippen molar-refractivity contribution < 1.29 is 4.79 Å². The lowest BCUT2D eigenvalue weighted by molar-refractivity contribution is -0.123. The van der Waals surface area contributed by atoms with Gasteiger partial charge in [0.2, 0.25) is 5.91 Å². The van der Waals surface area contributed by atoms with Crippen molar-refractivity contribution >= 4 is 17.5 Å².